The number of thiophene rings is 4. The van der Waals surface area contributed by atoms with Crippen LogP contribution in [0.1, 0.15) is 89.5 Å². The third kappa shape index (κ3) is 7.09. The normalized spacial score (nSPS) is 15.9. The molecule has 0 saturated heterocycles. The molecule has 0 amide bonds. The van der Waals surface area contributed by atoms with Crippen LogP contribution in [0.3, 0.4) is 0 Å². The molecule has 2 atom stereocenters. The molecule has 0 saturated carbocycles. The Labute approximate surface area is 399 Å². The first kappa shape index (κ1) is 42.6. The zero-order valence-corrected chi connectivity index (χ0v) is 43.0. The molecule has 1 aliphatic rings. The molecule has 0 fully saturated rings. The zero-order valence-electron chi connectivity index (χ0n) is 37.9. The first-order valence-corrected chi connectivity index (χ1v) is 30.1. The molecule has 2 nitrogen and oxygen atoms in total. The summed E-state index contributed by atoms with van der Waals surface area (Å²) in [6, 6.07) is 40.5. The quantitative estimate of drug-likeness (QED) is 0.0712. The maximum atomic E-state index is 4.98. The molecule has 5 aromatic heterocycles. The SMILES string of the molecule is CCCCC(CC)C[Si]1(CC(CC)CCCC)c2cc(C)sc2-c2sc(-c3ccc(-c4ccc(-c5ccc(-c6ccc7ccc8c(C)ccc9ccc6c7c98)s5)c5nsnc45)s3)cc21. The maximum Gasteiger partial charge on any atom is 0.122 e. The van der Waals surface area contributed by atoms with Crippen LogP contribution in [0.25, 0.3) is 94.2 Å². The van der Waals surface area contributed by atoms with E-state index in [4.69, 9.17) is 8.75 Å². The lowest BCUT2D eigenvalue weighted by Crippen LogP contribution is -2.56. The third-order valence-electron chi connectivity index (χ3n) is 14.7. The van der Waals surface area contributed by atoms with Gasteiger partial charge in [0.05, 0.1) is 11.7 Å². The highest BCUT2D eigenvalue weighted by molar-refractivity contribution is 7.32. The van der Waals surface area contributed by atoms with E-state index in [9.17, 15) is 0 Å². The number of aromatic nitrogens is 2. The van der Waals surface area contributed by atoms with Gasteiger partial charge in [-0.1, -0.05) is 140 Å². The van der Waals surface area contributed by atoms with E-state index in [-0.39, 0.29) is 0 Å². The Bertz CT molecular complexity index is 3280. The van der Waals surface area contributed by atoms with E-state index >= 15 is 0 Å². The Kier molecular flexibility index (Phi) is 11.5. The Balaban J connectivity index is 0.938. The fraction of sp³-hybridized carbons (Fsp3) is 0.321. The number of rotatable bonds is 16. The van der Waals surface area contributed by atoms with Crippen molar-refractivity contribution in [3.63, 3.8) is 0 Å². The van der Waals surface area contributed by atoms with Gasteiger partial charge in [0.1, 0.15) is 19.1 Å². The fourth-order valence-corrected chi connectivity index (χ4v) is 24.4. The summed E-state index contributed by atoms with van der Waals surface area (Å²) in [5.41, 5.74) is 7.00. The molecule has 5 aromatic carbocycles. The molecule has 324 valence electrons. The van der Waals surface area contributed by atoms with Gasteiger partial charge in [-0.05, 0) is 128 Å². The van der Waals surface area contributed by atoms with Gasteiger partial charge >= 0.3 is 0 Å². The minimum atomic E-state index is -2.00. The van der Waals surface area contributed by atoms with Crippen LogP contribution in [0.2, 0.25) is 12.1 Å². The lowest BCUT2D eigenvalue weighted by Gasteiger charge is -2.35. The average Bonchev–Trinajstić information content (AvgIpc) is 4.19. The largest absolute Gasteiger partial charge is 0.172 e. The molecule has 1 aliphatic heterocycles. The number of nitrogens with zero attached hydrogens (tertiary/aromatic N) is 2. The summed E-state index contributed by atoms with van der Waals surface area (Å²) in [5.74, 6) is 1.61. The van der Waals surface area contributed by atoms with Gasteiger partial charge in [0.25, 0.3) is 0 Å². The fourth-order valence-electron chi connectivity index (χ4n) is 11.3. The van der Waals surface area contributed by atoms with Crippen molar-refractivity contribution in [1.82, 2.24) is 8.75 Å². The van der Waals surface area contributed by atoms with E-state index < -0.39 is 8.07 Å². The smallest absolute Gasteiger partial charge is 0.122 e. The molecule has 0 bridgehead atoms. The summed E-state index contributed by atoms with van der Waals surface area (Å²) in [6.45, 7) is 14.2. The molecule has 0 N–H and O–H groups in total. The van der Waals surface area contributed by atoms with E-state index in [1.165, 1.54) is 159 Å². The molecule has 6 heterocycles. The zero-order chi connectivity index (χ0) is 43.7. The minimum Gasteiger partial charge on any atom is -0.172 e. The Morgan fingerprint density at radius 3 is 1.66 bits per heavy atom. The van der Waals surface area contributed by atoms with E-state index in [1.54, 1.807) is 20.1 Å². The van der Waals surface area contributed by atoms with Crippen LogP contribution in [0.15, 0.2) is 97.1 Å². The molecule has 0 radical (unpaired) electrons. The van der Waals surface area contributed by atoms with Crippen molar-refractivity contribution in [3.8, 4) is 50.8 Å². The molecule has 0 spiro atoms. The lowest BCUT2D eigenvalue weighted by molar-refractivity contribution is 0.469. The van der Waals surface area contributed by atoms with Gasteiger partial charge in [0.2, 0.25) is 0 Å². The van der Waals surface area contributed by atoms with E-state index in [1.807, 2.05) is 22.7 Å². The molecule has 64 heavy (non-hydrogen) atoms. The van der Waals surface area contributed by atoms with Gasteiger partial charge in [0.15, 0.2) is 0 Å². The lowest BCUT2D eigenvalue weighted by atomic mass is 9.90. The number of aryl methyl sites for hydroxylation is 2. The summed E-state index contributed by atoms with van der Waals surface area (Å²) in [7, 11) is -2.00. The second-order valence-corrected chi connectivity index (χ2v) is 27.7. The first-order chi connectivity index (χ1) is 31.3. The monoisotopic (exact) mass is 944 g/mol. The number of fused-ring (bicyclic) bond motifs is 4. The van der Waals surface area contributed by atoms with Crippen molar-refractivity contribution in [2.24, 2.45) is 11.8 Å². The molecular weight excluding hydrogens is 889 g/mol. The Morgan fingerprint density at radius 1 is 0.500 bits per heavy atom. The van der Waals surface area contributed by atoms with Crippen LogP contribution in [-0.4, -0.2) is 16.8 Å². The Morgan fingerprint density at radius 2 is 1.02 bits per heavy atom. The standard InChI is InChI=1S/C56H56N2S5Si/c1-7-11-13-35(9-3)31-64(32-36(10-4)14-12-8-2)49-29-34(6)59-55(49)56-50(64)30-48(62-56)47-28-27-46(61-47)43-24-23-42(53-54(43)58-63-57-53)45-26-25-44(60-45)40-21-18-38-17-20-39-33(5)15-16-37-19-22-41(40)52(38)51(37)39/h15-30,35-36H,7-14,31-32H2,1-6H3. The maximum absolute atomic E-state index is 4.98. The third-order valence-corrected chi connectivity index (χ3v) is 25.8. The van der Waals surface area contributed by atoms with Gasteiger partial charge in [-0.15, -0.1) is 45.3 Å². The van der Waals surface area contributed by atoms with E-state index in [0.717, 1.165) is 22.9 Å². The van der Waals surface area contributed by atoms with Gasteiger partial charge in [-0.2, -0.15) is 8.75 Å². The molecule has 8 heteroatoms. The van der Waals surface area contributed by atoms with Crippen molar-refractivity contribution in [3.05, 3.63) is 108 Å². The molecule has 0 aliphatic carbocycles. The van der Waals surface area contributed by atoms with Gasteiger partial charge in [0, 0.05) is 50.1 Å². The molecule has 10 aromatic rings. The average molecular weight is 945 g/mol. The molecule has 2 unspecified atom stereocenters. The summed E-state index contributed by atoms with van der Waals surface area (Å²) in [6.07, 6.45) is 10.6. The first-order valence-electron chi connectivity index (χ1n) is 23.7. The van der Waals surface area contributed by atoms with Crippen LogP contribution in [0.5, 0.6) is 0 Å². The van der Waals surface area contributed by atoms with Crippen molar-refractivity contribution < 1.29 is 0 Å². The predicted molar refractivity (Wildman–Crippen MR) is 291 cm³/mol. The van der Waals surface area contributed by atoms with E-state index in [0.29, 0.717) is 0 Å². The highest BCUT2D eigenvalue weighted by Gasteiger charge is 2.49. The summed E-state index contributed by atoms with van der Waals surface area (Å²) < 4.78 is 9.94. The van der Waals surface area contributed by atoms with Crippen molar-refractivity contribution in [1.29, 1.82) is 0 Å². The van der Waals surface area contributed by atoms with Crippen LogP contribution >= 0.6 is 57.1 Å². The second-order valence-electron chi connectivity index (χ2n) is 18.6. The second kappa shape index (κ2) is 17.3. The van der Waals surface area contributed by atoms with Crippen molar-refractivity contribution in [2.75, 3.05) is 0 Å². The number of hydrogen-bond acceptors (Lipinski definition) is 7. The van der Waals surface area contributed by atoms with Crippen molar-refractivity contribution >= 4 is 119 Å². The van der Waals surface area contributed by atoms with E-state index in [2.05, 4.69) is 161 Å². The van der Waals surface area contributed by atoms with Crippen LogP contribution < -0.4 is 10.4 Å². The van der Waals surface area contributed by atoms with Gasteiger partial charge in [-0.3, -0.25) is 0 Å². The van der Waals surface area contributed by atoms with Crippen molar-refractivity contribution in [2.45, 2.75) is 105 Å². The van der Waals surface area contributed by atoms with Crippen LogP contribution in [0, 0.1) is 25.7 Å². The topological polar surface area (TPSA) is 25.8 Å². The summed E-state index contributed by atoms with van der Waals surface area (Å²) in [4.78, 5) is 11.4. The highest BCUT2D eigenvalue weighted by Crippen LogP contribution is 2.50. The highest BCUT2D eigenvalue weighted by atomic mass is 32.1. The summed E-state index contributed by atoms with van der Waals surface area (Å²) in [5, 5.41) is 11.6. The van der Waals surface area contributed by atoms with Gasteiger partial charge in [-0.25, -0.2) is 0 Å². The predicted octanol–water partition coefficient (Wildman–Crippen LogP) is 18.1. The number of unbranched alkanes of at least 4 members (excludes halogenated alkanes) is 2. The minimum absolute atomic E-state index is 0.806. The van der Waals surface area contributed by atoms with Crippen LogP contribution in [0.4, 0.5) is 0 Å². The summed E-state index contributed by atoms with van der Waals surface area (Å²) >= 11 is 9.30. The Hall–Kier alpha value is -4.02. The number of benzene rings is 5. The van der Waals surface area contributed by atoms with Gasteiger partial charge < -0.3 is 0 Å². The number of hydrogen-bond donors (Lipinski definition) is 0. The molecular formula is C56H56N2S5Si. The molecule has 11 rings (SSSR count). The van der Waals surface area contributed by atoms with Crippen LogP contribution in [-0.2, 0) is 0 Å².